The maximum Gasteiger partial charge on any atom is 0.238 e. The molecule has 1 unspecified atom stereocenters. The van der Waals surface area contributed by atoms with E-state index in [0.29, 0.717) is 0 Å². The van der Waals surface area contributed by atoms with Crippen molar-refractivity contribution in [1.82, 2.24) is 4.90 Å². The minimum atomic E-state index is -0.329. The van der Waals surface area contributed by atoms with E-state index >= 15 is 0 Å². The van der Waals surface area contributed by atoms with Crippen LogP contribution in [0.1, 0.15) is 36.8 Å². The Morgan fingerprint density at radius 3 is 2.82 bits per heavy atom. The number of nitrogens with zero attached hydrogens (tertiary/aromatic N) is 1. The topological polar surface area (TPSA) is 75.4 Å². The second-order valence-electron chi connectivity index (χ2n) is 6.27. The predicted molar refractivity (Wildman–Crippen MR) is 85.5 cm³/mol. The van der Waals surface area contributed by atoms with Gasteiger partial charge in [0.05, 0.1) is 12.6 Å². The maximum atomic E-state index is 12.2. The average Bonchev–Trinajstić information content (AvgIpc) is 2.95. The fraction of sp³-hybridized carbons (Fsp3) is 0.529. The molecule has 0 radical (unpaired) electrons. The Kier molecular flexibility index (Phi) is 4.43. The molecular formula is C17H23N3O2. The van der Waals surface area contributed by atoms with E-state index in [1.807, 2.05) is 11.0 Å². The van der Waals surface area contributed by atoms with E-state index in [9.17, 15) is 9.59 Å². The molecule has 5 heteroatoms. The molecular weight excluding hydrogens is 278 g/mol. The number of rotatable bonds is 4. The summed E-state index contributed by atoms with van der Waals surface area (Å²) in [4.78, 5) is 25.6. The van der Waals surface area contributed by atoms with Crippen molar-refractivity contribution < 1.29 is 9.59 Å². The highest BCUT2D eigenvalue weighted by molar-refractivity contribution is 5.93. The lowest BCUT2D eigenvalue weighted by Gasteiger charge is -2.32. The number of aryl methyl sites for hydroxylation is 2. The van der Waals surface area contributed by atoms with E-state index in [2.05, 4.69) is 17.4 Å². The van der Waals surface area contributed by atoms with Gasteiger partial charge >= 0.3 is 0 Å². The molecule has 1 heterocycles. The molecule has 1 aliphatic heterocycles. The minimum absolute atomic E-state index is 0.0777. The van der Waals surface area contributed by atoms with Gasteiger partial charge in [-0.3, -0.25) is 14.5 Å². The highest BCUT2D eigenvalue weighted by Gasteiger charge is 2.28. The first-order chi connectivity index (χ1) is 10.6. The van der Waals surface area contributed by atoms with Gasteiger partial charge in [-0.05, 0) is 61.9 Å². The van der Waals surface area contributed by atoms with Crippen LogP contribution < -0.4 is 11.1 Å². The smallest absolute Gasteiger partial charge is 0.238 e. The predicted octanol–water partition coefficient (Wildman–Crippen LogP) is 1.45. The summed E-state index contributed by atoms with van der Waals surface area (Å²) < 4.78 is 0. The van der Waals surface area contributed by atoms with Crippen molar-refractivity contribution >= 4 is 17.5 Å². The number of likely N-dealkylation sites (tertiary alicyclic amines) is 1. The number of nitrogens with two attached hydrogens (primary N) is 1. The van der Waals surface area contributed by atoms with Crippen LogP contribution >= 0.6 is 0 Å². The molecule has 1 atom stereocenters. The number of amides is 2. The summed E-state index contributed by atoms with van der Waals surface area (Å²) in [5, 5.41) is 2.95. The van der Waals surface area contributed by atoms with Crippen molar-refractivity contribution in [3.8, 4) is 0 Å². The number of nitrogens with one attached hydrogen (secondary N) is 1. The molecule has 0 aromatic heterocycles. The fourth-order valence-electron chi connectivity index (χ4n) is 3.54. The van der Waals surface area contributed by atoms with Crippen LogP contribution in [0.5, 0.6) is 0 Å². The van der Waals surface area contributed by atoms with Crippen LogP contribution in [0.15, 0.2) is 18.2 Å². The zero-order valence-electron chi connectivity index (χ0n) is 12.8. The molecule has 0 bridgehead atoms. The summed E-state index contributed by atoms with van der Waals surface area (Å²) in [7, 11) is 0. The van der Waals surface area contributed by atoms with E-state index in [1.54, 1.807) is 0 Å². The first-order valence-corrected chi connectivity index (χ1v) is 8.08. The summed E-state index contributed by atoms with van der Waals surface area (Å²) in [6.45, 7) is 0.982. The zero-order chi connectivity index (χ0) is 15.5. The van der Waals surface area contributed by atoms with E-state index in [0.717, 1.165) is 44.3 Å². The molecule has 0 spiro atoms. The number of piperidine rings is 1. The second kappa shape index (κ2) is 6.48. The van der Waals surface area contributed by atoms with Crippen molar-refractivity contribution in [3.63, 3.8) is 0 Å². The van der Waals surface area contributed by atoms with Crippen LogP contribution in [0.4, 0.5) is 5.69 Å². The van der Waals surface area contributed by atoms with Gasteiger partial charge < -0.3 is 11.1 Å². The van der Waals surface area contributed by atoms with E-state index in [1.165, 1.54) is 17.5 Å². The Hall–Kier alpha value is -1.88. The number of fused-ring (bicyclic) bond motifs is 1. The van der Waals surface area contributed by atoms with Gasteiger partial charge in [0.15, 0.2) is 0 Å². The van der Waals surface area contributed by atoms with Gasteiger partial charge in [0.25, 0.3) is 0 Å². The minimum Gasteiger partial charge on any atom is -0.368 e. The Balaban J connectivity index is 1.61. The number of carbonyl (C=O) groups excluding carboxylic acids is 2. The molecule has 1 fully saturated rings. The summed E-state index contributed by atoms with van der Waals surface area (Å²) in [5.74, 6) is -0.406. The van der Waals surface area contributed by atoms with Crippen LogP contribution in [0.2, 0.25) is 0 Å². The third-order valence-electron chi connectivity index (χ3n) is 4.67. The average molecular weight is 301 g/mol. The molecule has 1 aromatic carbocycles. The van der Waals surface area contributed by atoms with Gasteiger partial charge in [-0.15, -0.1) is 0 Å². The molecule has 118 valence electrons. The van der Waals surface area contributed by atoms with Crippen molar-refractivity contribution in [2.45, 2.75) is 44.6 Å². The lowest BCUT2D eigenvalue weighted by molar-refractivity contribution is -0.126. The lowest BCUT2D eigenvalue weighted by atomic mass is 10.0. The monoisotopic (exact) mass is 301 g/mol. The fourth-order valence-corrected chi connectivity index (χ4v) is 3.54. The Morgan fingerprint density at radius 2 is 2.00 bits per heavy atom. The highest BCUT2D eigenvalue weighted by Crippen LogP contribution is 2.25. The molecule has 0 saturated carbocycles. The van der Waals surface area contributed by atoms with Crippen molar-refractivity contribution in [2.24, 2.45) is 5.73 Å². The van der Waals surface area contributed by atoms with Gasteiger partial charge in [-0.25, -0.2) is 0 Å². The summed E-state index contributed by atoms with van der Waals surface area (Å²) in [5.41, 5.74) is 9.01. The molecule has 2 amide bonds. The first-order valence-electron chi connectivity index (χ1n) is 8.08. The van der Waals surface area contributed by atoms with Crippen molar-refractivity contribution in [2.75, 3.05) is 18.4 Å². The number of hydrogen-bond acceptors (Lipinski definition) is 3. The molecule has 2 aliphatic rings. The Labute approximate surface area is 130 Å². The summed E-state index contributed by atoms with van der Waals surface area (Å²) in [6.07, 6.45) is 6.18. The van der Waals surface area contributed by atoms with E-state index in [4.69, 9.17) is 5.73 Å². The number of carbonyl (C=O) groups is 2. The molecule has 3 rings (SSSR count). The molecule has 5 nitrogen and oxygen atoms in total. The number of hydrogen-bond donors (Lipinski definition) is 2. The van der Waals surface area contributed by atoms with Gasteiger partial charge in [-0.2, -0.15) is 0 Å². The van der Waals surface area contributed by atoms with Gasteiger partial charge in [0.2, 0.25) is 11.8 Å². The number of anilines is 1. The molecule has 3 N–H and O–H groups in total. The second-order valence-corrected chi connectivity index (χ2v) is 6.27. The van der Waals surface area contributed by atoms with Crippen LogP contribution in [0, 0.1) is 0 Å². The first kappa shape index (κ1) is 15.0. The lowest BCUT2D eigenvalue weighted by Crippen LogP contribution is -2.50. The Morgan fingerprint density at radius 1 is 1.18 bits per heavy atom. The SMILES string of the molecule is NC(=O)C1CCCCN1CC(=O)Nc1ccc2c(c1)CCC2. The summed E-state index contributed by atoms with van der Waals surface area (Å²) >= 11 is 0. The van der Waals surface area contributed by atoms with Crippen LogP contribution in [-0.2, 0) is 22.4 Å². The van der Waals surface area contributed by atoms with Crippen molar-refractivity contribution in [1.29, 1.82) is 0 Å². The molecule has 1 saturated heterocycles. The molecule has 1 aromatic rings. The van der Waals surface area contributed by atoms with Gasteiger partial charge in [-0.1, -0.05) is 12.5 Å². The summed E-state index contributed by atoms with van der Waals surface area (Å²) in [6, 6.07) is 5.83. The normalized spacial score (nSPS) is 21.4. The van der Waals surface area contributed by atoms with Crippen molar-refractivity contribution in [3.05, 3.63) is 29.3 Å². The van der Waals surface area contributed by atoms with Gasteiger partial charge in [0, 0.05) is 5.69 Å². The van der Waals surface area contributed by atoms with Crippen LogP contribution in [0.25, 0.3) is 0 Å². The molecule has 1 aliphatic carbocycles. The number of benzene rings is 1. The zero-order valence-corrected chi connectivity index (χ0v) is 12.8. The maximum absolute atomic E-state index is 12.2. The van der Waals surface area contributed by atoms with E-state index in [-0.39, 0.29) is 24.4 Å². The third-order valence-corrected chi connectivity index (χ3v) is 4.67. The van der Waals surface area contributed by atoms with Crippen LogP contribution in [-0.4, -0.2) is 35.8 Å². The standard InChI is InChI=1S/C17H23N3O2/c18-17(22)15-6-1-2-9-20(15)11-16(21)19-14-8-7-12-4-3-5-13(12)10-14/h7-8,10,15H,1-6,9,11H2,(H2,18,22)(H,19,21). The van der Waals surface area contributed by atoms with Crippen LogP contribution in [0.3, 0.4) is 0 Å². The highest BCUT2D eigenvalue weighted by atomic mass is 16.2. The number of primary amides is 1. The third kappa shape index (κ3) is 3.30. The quantitative estimate of drug-likeness (QED) is 0.884. The van der Waals surface area contributed by atoms with E-state index < -0.39 is 0 Å². The molecule has 22 heavy (non-hydrogen) atoms. The largest absolute Gasteiger partial charge is 0.368 e. The Bertz CT molecular complexity index is 585. The van der Waals surface area contributed by atoms with Gasteiger partial charge in [0.1, 0.15) is 0 Å².